The Kier molecular flexibility index (Phi) is 6.30. The van der Waals surface area contributed by atoms with E-state index in [-0.39, 0.29) is 24.4 Å². The SMILES string of the molecule is C[C@H]1C[C@@H](NC(=O)C(C)(C)N)CN(c2ccc(C#N)c3ncccc23)C1.Cl. The first-order valence-electron chi connectivity index (χ1n) is 8.92. The quantitative estimate of drug-likeness (QED) is 0.843. The van der Waals surface area contributed by atoms with Crippen molar-refractivity contribution in [1.29, 1.82) is 5.26 Å². The summed E-state index contributed by atoms with van der Waals surface area (Å²) < 4.78 is 0. The minimum Gasteiger partial charge on any atom is -0.369 e. The van der Waals surface area contributed by atoms with Crippen molar-refractivity contribution in [2.24, 2.45) is 11.7 Å². The Morgan fingerprint density at radius 1 is 1.37 bits per heavy atom. The Morgan fingerprint density at radius 2 is 2.11 bits per heavy atom. The largest absolute Gasteiger partial charge is 0.369 e. The minimum atomic E-state index is -0.892. The molecule has 27 heavy (non-hydrogen) atoms. The molecule has 0 saturated carbocycles. The van der Waals surface area contributed by atoms with Crippen molar-refractivity contribution in [3.05, 3.63) is 36.0 Å². The Hall–Kier alpha value is -2.36. The molecule has 1 aromatic heterocycles. The van der Waals surface area contributed by atoms with Gasteiger partial charge in [0, 0.05) is 36.4 Å². The lowest BCUT2D eigenvalue weighted by molar-refractivity contribution is -0.126. The van der Waals surface area contributed by atoms with Gasteiger partial charge in [0.1, 0.15) is 6.07 Å². The first kappa shape index (κ1) is 20.9. The number of fused-ring (bicyclic) bond motifs is 1. The van der Waals surface area contributed by atoms with Gasteiger partial charge in [0.2, 0.25) is 5.91 Å². The van der Waals surface area contributed by atoms with E-state index in [4.69, 9.17) is 5.73 Å². The monoisotopic (exact) mass is 387 g/mol. The minimum absolute atomic E-state index is 0. The number of nitrogens with two attached hydrogens (primary N) is 1. The van der Waals surface area contributed by atoms with Crippen LogP contribution in [0.5, 0.6) is 0 Å². The van der Waals surface area contributed by atoms with Crippen LogP contribution in [0.1, 0.15) is 32.8 Å². The number of benzene rings is 1. The van der Waals surface area contributed by atoms with Crippen molar-refractivity contribution in [2.75, 3.05) is 18.0 Å². The highest BCUT2D eigenvalue weighted by molar-refractivity contribution is 5.95. The molecule has 1 fully saturated rings. The number of nitriles is 1. The van der Waals surface area contributed by atoms with Gasteiger partial charge in [-0.15, -0.1) is 12.4 Å². The fourth-order valence-electron chi connectivity index (χ4n) is 3.55. The van der Waals surface area contributed by atoms with Gasteiger partial charge in [-0.3, -0.25) is 9.78 Å². The molecule has 1 aliphatic heterocycles. The van der Waals surface area contributed by atoms with Gasteiger partial charge >= 0.3 is 0 Å². The highest BCUT2D eigenvalue weighted by atomic mass is 35.5. The molecule has 2 heterocycles. The molecule has 0 spiro atoms. The van der Waals surface area contributed by atoms with E-state index in [9.17, 15) is 10.1 Å². The number of carbonyl (C=O) groups excluding carboxylic acids is 1. The zero-order chi connectivity index (χ0) is 18.9. The second-order valence-electron chi connectivity index (χ2n) is 7.78. The number of hydrogen-bond donors (Lipinski definition) is 2. The lowest BCUT2D eigenvalue weighted by Crippen LogP contribution is -2.57. The van der Waals surface area contributed by atoms with Crippen LogP contribution in [0.3, 0.4) is 0 Å². The Labute approximate surface area is 166 Å². The van der Waals surface area contributed by atoms with Crippen molar-refractivity contribution < 1.29 is 4.79 Å². The molecule has 1 saturated heterocycles. The summed E-state index contributed by atoms with van der Waals surface area (Å²) in [5, 5.41) is 13.4. The Balaban J connectivity index is 0.00000261. The van der Waals surface area contributed by atoms with Crippen LogP contribution in [0.2, 0.25) is 0 Å². The summed E-state index contributed by atoms with van der Waals surface area (Å²) in [6.07, 6.45) is 2.63. The first-order valence-corrected chi connectivity index (χ1v) is 8.92. The van der Waals surface area contributed by atoms with Gasteiger partial charge in [0.05, 0.1) is 16.6 Å². The molecule has 3 rings (SSSR count). The fraction of sp³-hybridized carbons (Fsp3) is 0.450. The number of nitrogens with zero attached hydrogens (tertiary/aromatic N) is 3. The molecular formula is C20H26ClN5O. The standard InChI is InChI=1S/C20H25N5O.ClH/c1-13-9-15(24-19(26)20(2,3)22)12-25(11-13)17-7-6-14(10-21)18-16(17)5-4-8-23-18;/h4-8,13,15H,9,11-12,22H2,1-3H3,(H,24,26);1H/t13-,15+;/m0./s1. The Bertz CT molecular complexity index is 871. The van der Waals surface area contributed by atoms with Gasteiger partial charge < -0.3 is 16.0 Å². The lowest BCUT2D eigenvalue weighted by Gasteiger charge is -2.39. The number of aromatic nitrogens is 1. The zero-order valence-corrected chi connectivity index (χ0v) is 16.7. The third-order valence-corrected chi connectivity index (χ3v) is 4.79. The molecule has 0 bridgehead atoms. The molecule has 1 amide bonds. The highest BCUT2D eigenvalue weighted by Crippen LogP contribution is 2.31. The fourth-order valence-corrected chi connectivity index (χ4v) is 3.55. The van der Waals surface area contributed by atoms with Crippen LogP contribution >= 0.6 is 12.4 Å². The lowest BCUT2D eigenvalue weighted by atomic mass is 9.93. The van der Waals surface area contributed by atoms with Crippen molar-refractivity contribution in [3.8, 4) is 6.07 Å². The topological polar surface area (TPSA) is 95.0 Å². The van der Waals surface area contributed by atoms with Crippen LogP contribution in [0.15, 0.2) is 30.5 Å². The molecule has 7 heteroatoms. The third-order valence-electron chi connectivity index (χ3n) is 4.79. The molecular weight excluding hydrogens is 362 g/mol. The molecule has 1 aliphatic rings. The van der Waals surface area contributed by atoms with Crippen molar-refractivity contribution >= 4 is 34.9 Å². The average Bonchev–Trinajstić information content (AvgIpc) is 2.59. The van der Waals surface area contributed by atoms with Gasteiger partial charge in [-0.1, -0.05) is 6.92 Å². The summed E-state index contributed by atoms with van der Waals surface area (Å²) in [5.41, 5.74) is 7.36. The van der Waals surface area contributed by atoms with Crippen LogP contribution in [0.25, 0.3) is 10.9 Å². The number of carbonyl (C=O) groups is 1. The van der Waals surface area contributed by atoms with E-state index >= 15 is 0 Å². The van der Waals surface area contributed by atoms with E-state index in [1.54, 1.807) is 20.0 Å². The summed E-state index contributed by atoms with van der Waals surface area (Å²) in [6, 6.07) is 9.93. The summed E-state index contributed by atoms with van der Waals surface area (Å²) in [7, 11) is 0. The van der Waals surface area contributed by atoms with Gasteiger partial charge in [-0.05, 0) is 50.5 Å². The normalized spacial score (nSPS) is 19.9. The van der Waals surface area contributed by atoms with Crippen LogP contribution in [-0.2, 0) is 4.79 Å². The number of anilines is 1. The van der Waals surface area contributed by atoms with Crippen LogP contribution < -0.4 is 16.0 Å². The molecule has 0 unspecified atom stereocenters. The molecule has 1 aromatic carbocycles. The van der Waals surface area contributed by atoms with E-state index in [1.807, 2.05) is 24.3 Å². The molecule has 2 aromatic rings. The summed E-state index contributed by atoms with van der Waals surface area (Å²) >= 11 is 0. The Morgan fingerprint density at radius 3 is 2.78 bits per heavy atom. The van der Waals surface area contributed by atoms with Gasteiger partial charge in [0.15, 0.2) is 0 Å². The summed E-state index contributed by atoms with van der Waals surface area (Å²) in [4.78, 5) is 18.9. The number of halogens is 1. The highest BCUT2D eigenvalue weighted by Gasteiger charge is 2.30. The zero-order valence-electron chi connectivity index (χ0n) is 15.9. The number of hydrogen-bond acceptors (Lipinski definition) is 5. The number of amides is 1. The van der Waals surface area contributed by atoms with Crippen molar-refractivity contribution in [1.82, 2.24) is 10.3 Å². The third kappa shape index (κ3) is 4.49. The first-order chi connectivity index (χ1) is 12.3. The van der Waals surface area contributed by atoms with E-state index < -0.39 is 5.54 Å². The molecule has 0 radical (unpaired) electrons. The molecule has 144 valence electrons. The average molecular weight is 388 g/mol. The number of nitrogens with one attached hydrogen (secondary N) is 1. The van der Waals surface area contributed by atoms with Crippen molar-refractivity contribution in [2.45, 2.75) is 38.8 Å². The maximum atomic E-state index is 12.3. The van der Waals surface area contributed by atoms with Gasteiger partial charge in [-0.25, -0.2) is 0 Å². The van der Waals surface area contributed by atoms with Crippen LogP contribution in [0, 0.1) is 17.2 Å². The van der Waals surface area contributed by atoms with E-state index in [0.717, 1.165) is 29.6 Å². The molecule has 2 atom stereocenters. The second-order valence-corrected chi connectivity index (χ2v) is 7.78. The summed E-state index contributed by atoms with van der Waals surface area (Å²) in [5.74, 6) is 0.292. The van der Waals surface area contributed by atoms with Crippen molar-refractivity contribution in [3.63, 3.8) is 0 Å². The molecule has 3 N–H and O–H groups in total. The number of pyridine rings is 1. The number of rotatable bonds is 3. The van der Waals surface area contributed by atoms with Gasteiger partial charge in [0.25, 0.3) is 0 Å². The maximum absolute atomic E-state index is 12.3. The molecule has 0 aliphatic carbocycles. The van der Waals surface area contributed by atoms with Crippen LogP contribution in [-0.4, -0.2) is 35.6 Å². The second kappa shape index (κ2) is 8.12. The predicted octanol–water partition coefficient (Wildman–Crippen LogP) is 2.60. The predicted molar refractivity (Wildman–Crippen MR) is 110 cm³/mol. The summed E-state index contributed by atoms with van der Waals surface area (Å²) in [6.45, 7) is 7.22. The van der Waals surface area contributed by atoms with E-state index in [2.05, 4.69) is 28.2 Å². The van der Waals surface area contributed by atoms with Crippen LogP contribution in [0.4, 0.5) is 5.69 Å². The van der Waals surface area contributed by atoms with Gasteiger partial charge in [-0.2, -0.15) is 5.26 Å². The number of piperidine rings is 1. The maximum Gasteiger partial charge on any atom is 0.239 e. The van der Waals surface area contributed by atoms with E-state index in [0.29, 0.717) is 18.0 Å². The smallest absolute Gasteiger partial charge is 0.239 e. The molecule has 6 nitrogen and oxygen atoms in total. The van der Waals surface area contributed by atoms with E-state index in [1.165, 1.54) is 0 Å².